The smallest absolute Gasteiger partial charge is 0.325 e. The van der Waals surface area contributed by atoms with Gasteiger partial charge in [-0.25, -0.2) is 0 Å². The quantitative estimate of drug-likeness (QED) is 0.183. The van der Waals surface area contributed by atoms with E-state index in [-0.39, 0.29) is 12.2 Å². The molecular weight excluding hydrogens is 526 g/mol. The van der Waals surface area contributed by atoms with Crippen LogP contribution in [-0.2, 0) is 28.7 Å². The Balaban J connectivity index is 2.84. The Labute approximate surface area is 245 Å². The molecule has 1 heterocycles. The van der Waals surface area contributed by atoms with Crippen LogP contribution in [0.25, 0.3) is 0 Å². The fourth-order valence-electron chi connectivity index (χ4n) is 4.61. The van der Waals surface area contributed by atoms with Crippen LogP contribution in [0.5, 0.6) is 0 Å². The summed E-state index contributed by atoms with van der Waals surface area (Å²) < 4.78 is 5.64. The largest absolute Gasteiger partial charge is 0.460 e. The van der Waals surface area contributed by atoms with Crippen LogP contribution in [-0.4, -0.2) is 71.3 Å². The highest BCUT2D eigenvalue weighted by Gasteiger charge is 2.44. The molecule has 0 fully saturated rings. The summed E-state index contributed by atoms with van der Waals surface area (Å²) in [5.41, 5.74) is -2.37. The Hall–Kier alpha value is -3.01. The molecule has 1 aliphatic rings. The van der Waals surface area contributed by atoms with E-state index in [1.54, 1.807) is 0 Å². The summed E-state index contributed by atoms with van der Waals surface area (Å²) in [4.78, 5) is 64.3. The number of carbonyl (C=O) groups is 5. The Morgan fingerprint density at radius 3 is 2.24 bits per heavy atom. The van der Waals surface area contributed by atoms with Crippen molar-refractivity contribution in [2.75, 3.05) is 20.1 Å². The molecule has 1 rings (SSSR count). The minimum atomic E-state index is -2.45. The van der Waals surface area contributed by atoms with Gasteiger partial charge in [-0.05, 0) is 31.8 Å². The zero-order chi connectivity index (χ0) is 31.0. The van der Waals surface area contributed by atoms with E-state index in [4.69, 9.17) is 4.74 Å². The molecule has 4 atom stereocenters. The molecule has 1 aliphatic heterocycles. The van der Waals surface area contributed by atoms with Crippen molar-refractivity contribution in [3.05, 3.63) is 24.4 Å². The van der Waals surface area contributed by atoms with Gasteiger partial charge in [-0.1, -0.05) is 85.1 Å². The minimum Gasteiger partial charge on any atom is -0.460 e. The highest BCUT2D eigenvalue weighted by molar-refractivity contribution is 6.10. The molecule has 0 saturated heterocycles. The lowest BCUT2D eigenvalue weighted by molar-refractivity contribution is -0.162. The number of rotatable bonds is 12. The Bertz CT molecular complexity index is 944. The van der Waals surface area contributed by atoms with Crippen LogP contribution >= 0.6 is 0 Å². The van der Waals surface area contributed by atoms with E-state index in [1.165, 1.54) is 58.6 Å². The first kappa shape index (κ1) is 36.0. The predicted octanol–water partition coefficient (Wildman–Crippen LogP) is 3.58. The number of ketones is 1. The number of unbranched alkanes of at least 4 members (excludes halogenated alkanes) is 7. The van der Waals surface area contributed by atoms with Crippen LogP contribution in [0.4, 0.5) is 0 Å². The number of cyclic esters (lactones) is 1. The van der Waals surface area contributed by atoms with Gasteiger partial charge in [0.1, 0.15) is 12.6 Å². The monoisotopic (exact) mass is 577 g/mol. The highest BCUT2D eigenvalue weighted by atomic mass is 16.5. The van der Waals surface area contributed by atoms with Gasteiger partial charge in [-0.15, -0.1) is 0 Å². The minimum absolute atomic E-state index is 0.0797. The summed E-state index contributed by atoms with van der Waals surface area (Å²) >= 11 is 0. The van der Waals surface area contributed by atoms with Crippen molar-refractivity contribution in [1.82, 2.24) is 15.5 Å². The number of amides is 3. The third kappa shape index (κ3) is 13.5. The maximum Gasteiger partial charge on any atom is 0.325 e. The topological polar surface area (TPSA) is 142 Å². The van der Waals surface area contributed by atoms with Gasteiger partial charge in [0, 0.05) is 18.8 Å². The van der Waals surface area contributed by atoms with Crippen molar-refractivity contribution in [3.63, 3.8) is 0 Å². The summed E-state index contributed by atoms with van der Waals surface area (Å²) in [6, 6.07) is 0. The van der Waals surface area contributed by atoms with Gasteiger partial charge in [0.05, 0.1) is 12.5 Å². The number of hydrogen-bond acceptors (Lipinski definition) is 7. The fourth-order valence-corrected chi connectivity index (χ4v) is 4.61. The van der Waals surface area contributed by atoms with Gasteiger partial charge >= 0.3 is 5.97 Å². The third-order valence-corrected chi connectivity index (χ3v) is 7.69. The molecule has 0 aliphatic carbocycles. The lowest BCUT2D eigenvalue weighted by atomic mass is 9.85. The molecule has 0 aromatic carbocycles. The number of allylic oxidation sites excluding steroid dienone is 1. The number of likely N-dealkylation sites (N-methyl/N-ethyl adjacent to an activating group) is 1. The second-order valence-electron chi connectivity index (χ2n) is 11.5. The summed E-state index contributed by atoms with van der Waals surface area (Å²) in [7, 11) is 1.42. The van der Waals surface area contributed by atoms with E-state index in [9.17, 15) is 29.1 Å². The molecule has 10 heteroatoms. The van der Waals surface area contributed by atoms with Crippen molar-refractivity contribution >= 4 is 29.5 Å². The third-order valence-electron chi connectivity index (χ3n) is 7.69. The van der Waals surface area contributed by atoms with Crippen LogP contribution < -0.4 is 10.6 Å². The van der Waals surface area contributed by atoms with Crippen LogP contribution in [0.2, 0.25) is 0 Å². The first-order valence-electron chi connectivity index (χ1n) is 15.0. The maximum atomic E-state index is 13.2. The molecule has 232 valence electrons. The number of ether oxygens (including phenoxy) is 1. The summed E-state index contributed by atoms with van der Waals surface area (Å²) in [6.45, 7) is 9.81. The van der Waals surface area contributed by atoms with Gasteiger partial charge < -0.3 is 25.4 Å². The molecule has 0 aromatic heterocycles. The van der Waals surface area contributed by atoms with Crippen molar-refractivity contribution in [1.29, 1.82) is 0 Å². The van der Waals surface area contributed by atoms with Gasteiger partial charge in [-0.2, -0.15) is 0 Å². The molecule has 0 radical (unpaired) electrons. The van der Waals surface area contributed by atoms with Gasteiger partial charge in [-0.3, -0.25) is 24.0 Å². The molecule has 0 bridgehead atoms. The highest BCUT2D eigenvalue weighted by Crippen LogP contribution is 2.23. The number of hydrogen-bond donors (Lipinski definition) is 3. The Kier molecular flexibility index (Phi) is 16.2. The molecular formula is C31H51N3O7. The van der Waals surface area contributed by atoms with E-state index in [0.29, 0.717) is 12.8 Å². The summed E-state index contributed by atoms with van der Waals surface area (Å²) in [5.74, 6) is -3.97. The van der Waals surface area contributed by atoms with Crippen LogP contribution in [0.1, 0.15) is 98.3 Å². The maximum absolute atomic E-state index is 13.2. The first-order valence-corrected chi connectivity index (χ1v) is 15.0. The fraction of sp³-hybridized carbons (Fsp3) is 0.710. The van der Waals surface area contributed by atoms with Crippen LogP contribution in [0.3, 0.4) is 0 Å². The second-order valence-corrected chi connectivity index (χ2v) is 11.5. The number of aliphatic hydroxyl groups is 1. The van der Waals surface area contributed by atoms with E-state index in [1.807, 2.05) is 0 Å². The number of nitrogens with zero attached hydrogens (tertiary/aromatic N) is 1. The van der Waals surface area contributed by atoms with Gasteiger partial charge in [0.2, 0.25) is 11.8 Å². The average molecular weight is 578 g/mol. The van der Waals surface area contributed by atoms with E-state index < -0.39 is 53.6 Å². The molecule has 3 amide bonds. The lowest BCUT2D eigenvalue weighted by Gasteiger charge is -2.29. The number of nitrogens with one attached hydrogen (secondary N) is 2. The SMILES string of the molecule is C=C1C=CC(=O)N(C)CC(=O)OC(CCCCCCCCCCC(C)CC)C(C)C(=O)C(C)(O)C(=O)NCC(=O)N1. The standard InChI is InChI=1S/C31H51N3O7/c1-7-22(2)16-14-12-10-8-9-11-13-15-17-25-24(4)29(38)31(5,40)30(39)32-20-26(35)33-23(3)18-19-27(36)34(6)21-28(37)41-25/h18-19,22,24-25,40H,3,7-17,20-21H2,1-2,4-6H3,(H,32,39)(H,33,35). The molecule has 0 saturated carbocycles. The predicted molar refractivity (Wildman–Crippen MR) is 157 cm³/mol. The van der Waals surface area contributed by atoms with E-state index in [2.05, 4.69) is 31.1 Å². The normalized spacial score (nSPS) is 24.5. The Morgan fingerprint density at radius 1 is 1.05 bits per heavy atom. The summed E-state index contributed by atoms with van der Waals surface area (Å²) in [6.07, 6.45) is 13.0. The molecule has 0 spiro atoms. The van der Waals surface area contributed by atoms with Gasteiger partial charge in [0.15, 0.2) is 11.4 Å². The number of carbonyl (C=O) groups excluding carboxylic acids is 5. The van der Waals surface area contributed by atoms with Crippen molar-refractivity contribution in [2.45, 2.75) is 110 Å². The molecule has 0 aromatic rings. The van der Waals surface area contributed by atoms with Gasteiger partial charge in [0.25, 0.3) is 5.91 Å². The molecule has 3 N–H and O–H groups in total. The first-order chi connectivity index (χ1) is 19.3. The molecule has 41 heavy (non-hydrogen) atoms. The average Bonchev–Trinajstić information content (AvgIpc) is 2.93. The zero-order valence-corrected chi connectivity index (χ0v) is 25.6. The van der Waals surface area contributed by atoms with E-state index in [0.717, 1.165) is 43.1 Å². The molecule has 10 nitrogen and oxygen atoms in total. The van der Waals surface area contributed by atoms with E-state index >= 15 is 0 Å². The van der Waals surface area contributed by atoms with Crippen molar-refractivity contribution in [2.24, 2.45) is 11.8 Å². The second kappa shape index (κ2) is 18.4. The van der Waals surface area contributed by atoms with Crippen LogP contribution in [0.15, 0.2) is 24.4 Å². The summed E-state index contributed by atoms with van der Waals surface area (Å²) in [5, 5.41) is 15.4. The lowest BCUT2D eigenvalue weighted by Crippen LogP contribution is -2.55. The Morgan fingerprint density at radius 2 is 1.63 bits per heavy atom. The van der Waals surface area contributed by atoms with Crippen molar-refractivity contribution in [3.8, 4) is 0 Å². The molecule has 4 unspecified atom stereocenters. The van der Waals surface area contributed by atoms with Crippen molar-refractivity contribution < 1.29 is 33.8 Å². The van der Waals surface area contributed by atoms with Crippen LogP contribution in [0, 0.1) is 11.8 Å². The number of esters is 1. The number of Topliss-reactive ketones (excluding diaryl/α,β-unsaturated/α-hetero) is 1. The zero-order valence-electron chi connectivity index (χ0n) is 25.6.